The third-order valence-corrected chi connectivity index (χ3v) is 10.1. The van der Waals surface area contributed by atoms with Gasteiger partial charge in [0.25, 0.3) is 0 Å². The van der Waals surface area contributed by atoms with E-state index in [0.717, 1.165) is 34.2 Å². The van der Waals surface area contributed by atoms with Gasteiger partial charge in [-0.05, 0) is 80.2 Å². The molecule has 0 aromatic heterocycles. The molecule has 0 aliphatic heterocycles. The molecule has 1 fully saturated rings. The molecular weight excluding hydrogens is 516 g/mol. The molecule has 4 atom stereocenters. The second-order valence-electron chi connectivity index (χ2n) is 13.3. The molecule has 0 heterocycles. The van der Waals surface area contributed by atoms with Crippen molar-refractivity contribution in [2.75, 3.05) is 0 Å². The lowest BCUT2D eigenvalue weighted by molar-refractivity contribution is -0.180. The molecular formula is C35H40O6. The van der Waals surface area contributed by atoms with Gasteiger partial charge in [-0.1, -0.05) is 70.0 Å². The van der Waals surface area contributed by atoms with Crippen molar-refractivity contribution in [2.45, 2.75) is 80.3 Å². The SMILES string of the molecule is CCc1ccc(C)cc1-c1ccc(O)c2c1C[C@@]1(C)C[C@@]3(C)[C@H](C(C)C)C(C)=C(C(C)=O)C(=O)[C@@]3(O)C(=O)C1=C2O. The number of carbonyl (C=O) groups is 3. The minimum atomic E-state index is -2.53. The number of phenolic OH excluding ortho intramolecular Hbond substituents is 1. The molecule has 5 rings (SSSR count). The van der Waals surface area contributed by atoms with Crippen LogP contribution in [0.4, 0.5) is 0 Å². The number of hydrogen-bond donors (Lipinski definition) is 3. The summed E-state index contributed by atoms with van der Waals surface area (Å²) in [5.41, 5.74) is 0.668. The molecule has 1 saturated carbocycles. The maximum absolute atomic E-state index is 14.5. The molecule has 3 aliphatic carbocycles. The van der Waals surface area contributed by atoms with E-state index in [4.69, 9.17) is 0 Å². The summed E-state index contributed by atoms with van der Waals surface area (Å²) in [7, 11) is 0. The topological polar surface area (TPSA) is 112 Å². The predicted octanol–water partition coefficient (Wildman–Crippen LogP) is 6.23. The molecule has 2 aromatic carbocycles. The lowest BCUT2D eigenvalue weighted by Gasteiger charge is -2.60. The molecule has 2 aromatic rings. The highest BCUT2D eigenvalue weighted by Crippen LogP contribution is 2.65. The highest BCUT2D eigenvalue weighted by atomic mass is 16.3. The monoisotopic (exact) mass is 556 g/mol. The van der Waals surface area contributed by atoms with Crippen molar-refractivity contribution in [1.29, 1.82) is 0 Å². The fourth-order valence-electron chi connectivity index (χ4n) is 8.75. The molecule has 216 valence electrons. The van der Waals surface area contributed by atoms with Gasteiger partial charge in [-0.2, -0.15) is 0 Å². The minimum Gasteiger partial charge on any atom is -0.507 e. The second kappa shape index (κ2) is 9.25. The molecule has 0 amide bonds. The van der Waals surface area contributed by atoms with Gasteiger partial charge in [0.05, 0.1) is 11.1 Å². The highest BCUT2D eigenvalue weighted by Gasteiger charge is 2.72. The van der Waals surface area contributed by atoms with Crippen molar-refractivity contribution in [1.82, 2.24) is 0 Å². The van der Waals surface area contributed by atoms with Crippen molar-refractivity contribution in [2.24, 2.45) is 22.7 Å². The average molecular weight is 557 g/mol. The Balaban J connectivity index is 1.82. The largest absolute Gasteiger partial charge is 0.507 e. The Bertz CT molecular complexity index is 1610. The maximum atomic E-state index is 14.5. The van der Waals surface area contributed by atoms with Crippen LogP contribution in [0.1, 0.15) is 77.1 Å². The molecule has 0 unspecified atom stereocenters. The van der Waals surface area contributed by atoms with Crippen LogP contribution in [-0.4, -0.2) is 38.3 Å². The number of carbonyl (C=O) groups excluding carboxylic acids is 3. The molecule has 3 aliphatic rings. The van der Waals surface area contributed by atoms with Gasteiger partial charge in [0.15, 0.2) is 11.4 Å². The normalized spacial score (nSPS) is 29.5. The lowest BCUT2D eigenvalue weighted by Crippen LogP contribution is -2.70. The summed E-state index contributed by atoms with van der Waals surface area (Å²) >= 11 is 0. The zero-order valence-electron chi connectivity index (χ0n) is 25.2. The summed E-state index contributed by atoms with van der Waals surface area (Å²) in [6.07, 6.45) is 1.34. The van der Waals surface area contributed by atoms with Crippen LogP contribution in [0, 0.1) is 29.6 Å². The van der Waals surface area contributed by atoms with Gasteiger partial charge in [-0.15, -0.1) is 0 Å². The van der Waals surface area contributed by atoms with E-state index in [1.165, 1.54) is 13.0 Å². The Labute approximate surface area is 241 Å². The summed E-state index contributed by atoms with van der Waals surface area (Å²) in [6, 6.07) is 9.62. The number of hydrogen-bond acceptors (Lipinski definition) is 6. The number of aromatic hydroxyl groups is 1. The standard InChI is InChI=1S/C35H40O6/c1-9-21-11-10-18(4)14-23(21)22-12-13-25(37)27-24(22)15-33(7)16-34(8)28(17(2)3)19(5)26(20(6)36)31(39)35(34,41)32(40)29(33)30(27)38/h10-14,17,28,37-38,41H,9,15-16H2,1-8H3/t28-,33+,34+,35-/m1/s1. The Morgan fingerprint density at radius 3 is 2.27 bits per heavy atom. The molecule has 0 radical (unpaired) electrons. The molecule has 0 spiro atoms. The quantitative estimate of drug-likeness (QED) is 0.304. The Morgan fingerprint density at radius 1 is 1.02 bits per heavy atom. The first-order valence-electron chi connectivity index (χ1n) is 14.5. The van der Waals surface area contributed by atoms with E-state index in [2.05, 4.69) is 25.1 Å². The number of fused-ring (bicyclic) bond motifs is 3. The van der Waals surface area contributed by atoms with Crippen molar-refractivity contribution in [3.63, 3.8) is 0 Å². The van der Waals surface area contributed by atoms with Crippen LogP contribution in [0.15, 0.2) is 47.1 Å². The molecule has 3 N–H and O–H groups in total. The van der Waals surface area contributed by atoms with E-state index in [9.17, 15) is 29.7 Å². The number of Topliss-reactive ketones (excluding diaryl/α,β-unsaturated/α-hetero) is 3. The molecule has 0 saturated heterocycles. The minimum absolute atomic E-state index is 0.0595. The lowest BCUT2D eigenvalue weighted by atomic mass is 9.42. The number of rotatable bonds is 4. The number of aliphatic hydroxyl groups is 2. The van der Waals surface area contributed by atoms with Gasteiger partial charge in [0.1, 0.15) is 11.5 Å². The van der Waals surface area contributed by atoms with Crippen LogP contribution in [-0.2, 0) is 27.2 Å². The number of allylic oxidation sites excluding steroid dienone is 1. The fraction of sp³-hybridized carbons (Fsp3) is 0.457. The van der Waals surface area contributed by atoms with E-state index in [1.54, 1.807) is 13.8 Å². The predicted molar refractivity (Wildman–Crippen MR) is 158 cm³/mol. The van der Waals surface area contributed by atoms with Crippen LogP contribution < -0.4 is 0 Å². The van der Waals surface area contributed by atoms with Crippen molar-refractivity contribution < 1.29 is 29.7 Å². The zero-order chi connectivity index (χ0) is 30.4. The number of ketones is 3. The van der Waals surface area contributed by atoms with Gasteiger partial charge in [0, 0.05) is 16.4 Å². The molecule has 6 heteroatoms. The number of phenols is 1. The summed E-state index contributed by atoms with van der Waals surface area (Å²) < 4.78 is 0. The first kappa shape index (κ1) is 29.0. The number of benzene rings is 2. The first-order valence-corrected chi connectivity index (χ1v) is 14.5. The number of aliphatic hydroxyl groups excluding tert-OH is 1. The summed E-state index contributed by atoms with van der Waals surface area (Å²) in [4.78, 5) is 41.1. The van der Waals surface area contributed by atoms with E-state index < -0.39 is 45.5 Å². The van der Waals surface area contributed by atoms with Crippen molar-refractivity contribution in [3.8, 4) is 16.9 Å². The molecule has 6 nitrogen and oxygen atoms in total. The van der Waals surface area contributed by atoms with E-state index >= 15 is 0 Å². The zero-order valence-corrected chi connectivity index (χ0v) is 25.2. The van der Waals surface area contributed by atoms with Crippen LogP contribution in [0.2, 0.25) is 0 Å². The van der Waals surface area contributed by atoms with Crippen LogP contribution in [0.5, 0.6) is 5.75 Å². The van der Waals surface area contributed by atoms with Gasteiger partial charge >= 0.3 is 0 Å². The Kier molecular flexibility index (Phi) is 6.54. The Morgan fingerprint density at radius 2 is 1.68 bits per heavy atom. The Hall–Kier alpha value is -3.51. The number of aryl methyl sites for hydroxylation is 2. The van der Waals surface area contributed by atoms with Gasteiger partial charge in [-0.25, -0.2) is 0 Å². The second-order valence-corrected chi connectivity index (χ2v) is 13.3. The van der Waals surface area contributed by atoms with E-state index in [1.807, 2.05) is 33.8 Å². The van der Waals surface area contributed by atoms with E-state index in [0.29, 0.717) is 12.0 Å². The van der Waals surface area contributed by atoms with Gasteiger partial charge in [0.2, 0.25) is 11.6 Å². The summed E-state index contributed by atoms with van der Waals surface area (Å²) in [5, 5.41) is 35.1. The third kappa shape index (κ3) is 3.69. The molecule has 0 bridgehead atoms. The van der Waals surface area contributed by atoms with Crippen LogP contribution >= 0.6 is 0 Å². The molecule has 41 heavy (non-hydrogen) atoms. The first-order chi connectivity index (χ1) is 19.0. The third-order valence-electron chi connectivity index (χ3n) is 10.1. The van der Waals surface area contributed by atoms with Crippen molar-refractivity contribution >= 4 is 23.1 Å². The van der Waals surface area contributed by atoms with Gasteiger partial charge < -0.3 is 15.3 Å². The van der Waals surface area contributed by atoms with Crippen LogP contribution in [0.25, 0.3) is 16.9 Å². The van der Waals surface area contributed by atoms with E-state index in [-0.39, 0.29) is 34.8 Å². The smallest absolute Gasteiger partial charge is 0.206 e. The highest BCUT2D eigenvalue weighted by molar-refractivity contribution is 6.33. The van der Waals surface area contributed by atoms with Gasteiger partial charge in [-0.3, -0.25) is 14.4 Å². The summed E-state index contributed by atoms with van der Waals surface area (Å²) in [5.74, 6) is -3.37. The van der Waals surface area contributed by atoms with Crippen LogP contribution in [0.3, 0.4) is 0 Å². The average Bonchev–Trinajstić information content (AvgIpc) is 2.86. The maximum Gasteiger partial charge on any atom is 0.206 e. The summed E-state index contributed by atoms with van der Waals surface area (Å²) in [6.45, 7) is 14.8. The fourth-order valence-corrected chi connectivity index (χ4v) is 8.75. The van der Waals surface area contributed by atoms with Crippen molar-refractivity contribution in [3.05, 3.63) is 69.3 Å².